The van der Waals surface area contributed by atoms with Gasteiger partial charge in [0, 0.05) is 17.6 Å². The van der Waals surface area contributed by atoms with Crippen molar-refractivity contribution in [1.82, 2.24) is 9.97 Å². The first-order valence-electron chi connectivity index (χ1n) is 9.24. The van der Waals surface area contributed by atoms with E-state index in [1.807, 2.05) is 6.07 Å². The van der Waals surface area contributed by atoms with Crippen molar-refractivity contribution in [3.8, 4) is 17.2 Å². The fourth-order valence-corrected chi connectivity index (χ4v) is 2.91. The fraction of sp³-hybridized carbons (Fsp3) is 0. The average Bonchev–Trinajstić information content (AvgIpc) is 2.77. The van der Waals surface area contributed by atoms with E-state index in [-0.39, 0.29) is 17.5 Å². The van der Waals surface area contributed by atoms with Crippen molar-refractivity contribution in [3.05, 3.63) is 90.1 Å². The average molecular weight is 414 g/mol. The van der Waals surface area contributed by atoms with Crippen molar-refractivity contribution in [2.24, 2.45) is 0 Å². The Morgan fingerprint density at radius 3 is 2.16 bits per heavy atom. The lowest BCUT2D eigenvalue weighted by atomic mass is 10.0. The number of anilines is 5. The predicted molar refractivity (Wildman–Crippen MR) is 116 cm³/mol. The summed E-state index contributed by atoms with van der Waals surface area (Å²) < 4.78 is 29.3. The van der Waals surface area contributed by atoms with Crippen molar-refractivity contribution in [2.45, 2.75) is 0 Å². The van der Waals surface area contributed by atoms with Crippen LogP contribution in [0.2, 0.25) is 0 Å². The van der Waals surface area contributed by atoms with Crippen LogP contribution >= 0.6 is 0 Å². The maximum Gasteiger partial charge on any atom is 0.229 e. The van der Waals surface area contributed by atoms with Crippen molar-refractivity contribution in [2.75, 3.05) is 16.4 Å². The Kier molecular flexibility index (Phi) is 5.41. The summed E-state index contributed by atoms with van der Waals surface area (Å²) >= 11 is 0. The van der Waals surface area contributed by atoms with E-state index in [9.17, 15) is 8.78 Å². The van der Waals surface area contributed by atoms with Gasteiger partial charge in [-0.15, -0.1) is 0 Å². The predicted octanol–water partition coefficient (Wildman–Crippen LogP) is 5.36. The van der Waals surface area contributed by atoms with Crippen LogP contribution in [0, 0.1) is 23.0 Å². The Bertz CT molecular complexity index is 1240. The maximum absolute atomic E-state index is 14.7. The first-order chi connectivity index (χ1) is 15.0. The van der Waals surface area contributed by atoms with Gasteiger partial charge in [0.2, 0.25) is 5.95 Å². The zero-order valence-corrected chi connectivity index (χ0v) is 16.1. The maximum atomic E-state index is 14.7. The lowest BCUT2D eigenvalue weighted by molar-refractivity contribution is 0.591. The molecular formula is C23H16F2N6. The highest BCUT2D eigenvalue weighted by Crippen LogP contribution is 2.29. The lowest BCUT2D eigenvalue weighted by Crippen LogP contribution is -2.03. The van der Waals surface area contributed by atoms with Gasteiger partial charge in [-0.2, -0.15) is 10.2 Å². The lowest BCUT2D eigenvalue weighted by Gasteiger charge is -2.12. The molecule has 6 nitrogen and oxygen atoms in total. The highest BCUT2D eigenvalue weighted by atomic mass is 19.1. The van der Waals surface area contributed by atoms with E-state index in [1.54, 1.807) is 48.5 Å². The van der Waals surface area contributed by atoms with Gasteiger partial charge in [0.05, 0.1) is 11.6 Å². The minimum atomic E-state index is -0.757. The van der Waals surface area contributed by atoms with Crippen LogP contribution in [-0.4, -0.2) is 9.97 Å². The fourth-order valence-electron chi connectivity index (χ4n) is 2.91. The number of nitrogens with two attached hydrogens (primary N) is 1. The minimum absolute atomic E-state index is 0.212. The molecule has 0 saturated heterocycles. The smallest absolute Gasteiger partial charge is 0.229 e. The second-order valence-corrected chi connectivity index (χ2v) is 6.64. The third-order valence-electron chi connectivity index (χ3n) is 4.46. The number of hydrogen-bond acceptors (Lipinski definition) is 6. The second kappa shape index (κ2) is 8.47. The normalized spacial score (nSPS) is 10.4. The molecule has 0 saturated carbocycles. The van der Waals surface area contributed by atoms with Crippen molar-refractivity contribution in [3.63, 3.8) is 0 Å². The van der Waals surface area contributed by atoms with Gasteiger partial charge in [0.1, 0.15) is 23.1 Å². The standard InChI is InChI=1S/C23H16F2N6/c24-19-11-16(15-3-5-17(27)6-4-15)12-20(25)22(19)30-21-9-10-28-23(31-21)29-18-7-1-14(13-26)2-8-18/h1-12H,27H2,(H2,28,29,30,31). The van der Waals surface area contributed by atoms with Gasteiger partial charge < -0.3 is 16.4 Å². The summed E-state index contributed by atoms with van der Waals surface area (Å²) in [5.41, 5.74) is 8.14. The molecule has 0 aliphatic heterocycles. The van der Waals surface area contributed by atoms with E-state index in [2.05, 4.69) is 20.6 Å². The molecule has 0 bridgehead atoms. The van der Waals surface area contributed by atoms with Crippen LogP contribution in [0.25, 0.3) is 11.1 Å². The Labute approximate surface area is 177 Å². The van der Waals surface area contributed by atoms with Crippen LogP contribution in [0.15, 0.2) is 72.9 Å². The molecule has 0 spiro atoms. The number of aromatic nitrogens is 2. The van der Waals surface area contributed by atoms with Crippen molar-refractivity contribution in [1.29, 1.82) is 5.26 Å². The first-order valence-corrected chi connectivity index (χ1v) is 9.24. The summed E-state index contributed by atoms with van der Waals surface area (Å²) in [7, 11) is 0. The van der Waals surface area contributed by atoms with Crippen LogP contribution in [0.3, 0.4) is 0 Å². The van der Waals surface area contributed by atoms with Gasteiger partial charge in [-0.3, -0.25) is 0 Å². The van der Waals surface area contributed by atoms with Crippen molar-refractivity contribution < 1.29 is 8.78 Å². The van der Waals surface area contributed by atoms with Gasteiger partial charge in [-0.1, -0.05) is 12.1 Å². The molecule has 0 aliphatic carbocycles. The third-order valence-corrected chi connectivity index (χ3v) is 4.46. The van der Waals surface area contributed by atoms with Crippen LogP contribution in [0.4, 0.5) is 37.6 Å². The summed E-state index contributed by atoms with van der Waals surface area (Å²) in [5.74, 6) is -1.07. The monoisotopic (exact) mass is 414 g/mol. The zero-order valence-electron chi connectivity index (χ0n) is 16.1. The molecule has 4 rings (SSSR count). The van der Waals surface area contributed by atoms with Gasteiger partial charge in [-0.05, 0) is 65.7 Å². The molecule has 4 aromatic rings. The highest BCUT2D eigenvalue weighted by molar-refractivity contribution is 5.70. The summed E-state index contributed by atoms with van der Waals surface area (Å²) in [6.07, 6.45) is 1.46. The number of hydrogen-bond donors (Lipinski definition) is 3. The molecular weight excluding hydrogens is 398 g/mol. The second-order valence-electron chi connectivity index (χ2n) is 6.64. The number of rotatable bonds is 5. The van der Waals surface area contributed by atoms with Crippen LogP contribution in [-0.2, 0) is 0 Å². The summed E-state index contributed by atoms with van der Waals surface area (Å²) in [4.78, 5) is 8.33. The molecule has 0 radical (unpaired) electrons. The highest BCUT2D eigenvalue weighted by Gasteiger charge is 2.13. The van der Waals surface area contributed by atoms with Gasteiger partial charge >= 0.3 is 0 Å². The molecule has 0 amide bonds. The molecule has 31 heavy (non-hydrogen) atoms. The van der Waals surface area contributed by atoms with Crippen LogP contribution in [0.5, 0.6) is 0 Å². The summed E-state index contributed by atoms with van der Waals surface area (Å²) in [5, 5.41) is 14.5. The molecule has 0 unspecified atom stereocenters. The molecule has 152 valence electrons. The topological polar surface area (TPSA) is 99.7 Å². The molecule has 0 fully saturated rings. The zero-order chi connectivity index (χ0) is 21.8. The van der Waals surface area contributed by atoms with E-state index in [0.717, 1.165) is 0 Å². The number of nitrogen functional groups attached to an aromatic ring is 1. The molecule has 0 aliphatic rings. The Morgan fingerprint density at radius 1 is 0.839 bits per heavy atom. The van der Waals surface area contributed by atoms with Gasteiger partial charge in [0.25, 0.3) is 0 Å². The molecule has 1 heterocycles. The molecule has 3 aromatic carbocycles. The Morgan fingerprint density at radius 2 is 1.52 bits per heavy atom. The number of benzene rings is 3. The minimum Gasteiger partial charge on any atom is -0.399 e. The molecule has 0 atom stereocenters. The number of halogens is 2. The van der Waals surface area contributed by atoms with E-state index < -0.39 is 11.6 Å². The molecule has 8 heteroatoms. The van der Waals surface area contributed by atoms with E-state index in [4.69, 9.17) is 11.0 Å². The number of nitriles is 1. The van der Waals surface area contributed by atoms with Crippen molar-refractivity contribution >= 4 is 28.8 Å². The largest absolute Gasteiger partial charge is 0.399 e. The van der Waals surface area contributed by atoms with Crippen LogP contribution in [0.1, 0.15) is 5.56 Å². The Hall–Kier alpha value is -4.51. The van der Waals surface area contributed by atoms with E-state index >= 15 is 0 Å². The number of nitrogens with zero attached hydrogens (tertiary/aromatic N) is 3. The van der Waals surface area contributed by atoms with Crippen LogP contribution < -0.4 is 16.4 Å². The first kappa shape index (κ1) is 19.8. The number of nitrogens with one attached hydrogen (secondary N) is 2. The summed E-state index contributed by atoms with van der Waals surface area (Å²) in [6.45, 7) is 0. The third kappa shape index (κ3) is 4.57. The molecule has 4 N–H and O–H groups in total. The Balaban J connectivity index is 1.55. The van der Waals surface area contributed by atoms with Gasteiger partial charge in [0.15, 0.2) is 0 Å². The van der Waals surface area contributed by atoms with Gasteiger partial charge in [-0.25, -0.2) is 13.8 Å². The van der Waals surface area contributed by atoms with E-state index in [0.29, 0.717) is 28.1 Å². The van der Waals surface area contributed by atoms with E-state index in [1.165, 1.54) is 24.4 Å². The molecule has 1 aromatic heterocycles. The quantitative estimate of drug-likeness (QED) is 0.380. The summed E-state index contributed by atoms with van der Waals surface area (Å²) in [6, 6.07) is 19.5. The SMILES string of the molecule is N#Cc1ccc(Nc2nccc(Nc3c(F)cc(-c4ccc(N)cc4)cc3F)n2)cc1.